The Kier molecular flexibility index (Phi) is 3.04. The number of hydrogen-bond acceptors (Lipinski definition) is 4. The van der Waals surface area contributed by atoms with E-state index in [1.54, 1.807) is 25.2 Å². The number of nitrogens with one attached hydrogen (secondary N) is 1. The summed E-state index contributed by atoms with van der Waals surface area (Å²) in [6.07, 6.45) is 0. The zero-order chi connectivity index (χ0) is 12.6. The molecule has 0 aliphatic carbocycles. The molecule has 0 saturated heterocycles. The van der Waals surface area contributed by atoms with Crippen LogP contribution in [0.5, 0.6) is 0 Å². The van der Waals surface area contributed by atoms with E-state index in [0.717, 1.165) is 0 Å². The van der Waals surface area contributed by atoms with Crippen LogP contribution < -0.4 is 11.4 Å². The Morgan fingerprint density at radius 3 is 2.76 bits per heavy atom. The van der Waals surface area contributed by atoms with Crippen molar-refractivity contribution in [1.82, 2.24) is 14.8 Å². The minimum Gasteiger partial charge on any atom is -0.382 e. The van der Waals surface area contributed by atoms with Crippen LogP contribution in [0.4, 0.5) is 5.82 Å². The molecule has 0 saturated carbocycles. The minimum absolute atomic E-state index is 0.0237. The van der Waals surface area contributed by atoms with Gasteiger partial charge in [-0.1, -0.05) is 35.3 Å². The van der Waals surface area contributed by atoms with Gasteiger partial charge in [0.2, 0.25) is 5.62 Å². The molecule has 0 bridgehead atoms. The van der Waals surface area contributed by atoms with Crippen molar-refractivity contribution in [3.8, 4) is 11.3 Å². The quantitative estimate of drug-likeness (QED) is 0.829. The van der Waals surface area contributed by atoms with Crippen LogP contribution >= 0.6 is 23.2 Å². The second-order valence-electron chi connectivity index (χ2n) is 3.39. The highest BCUT2D eigenvalue weighted by Gasteiger charge is 2.13. The van der Waals surface area contributed by atoms with Crippen LogP contribution in [0, 0.1) is 5.41 Å². The molecule has 0 unspecified atom stereocenters. The SMILES string of the molecule is Cn1nc(-c2cccc(Cl)c2Cl)c(N)nc1=N. The molecule has 0 aliphatic heterocycles. The van der Waals surface area contributed by atoms with E-state index < -0.39 is 0 Å². The molecule has 7 heteroatoms. The lowest BCUT2D eigenvalue weighted by molar-refractivity contribution is 0.652. The van der Waals surface area contributed by atoms with Gasteiger partial charge in [0.05, 0.1) is 10.0 Å². The molecule has 2 rings (SSSR count). The van der Waals surface area contributed by atoms with E-state index >= 15 is 0 Å². The van der Waals surface area contributed by atoms with Gasteiger partial charge in [-0.15, -0.1) is 0 Å². The van der Waals surface area contributed by atoms with Crippen LogP contribution in [0.25, 0.3) is 11.3 Å². The fraction of sp³-hybridized carbons (Fsp3) is 0.100. The number of aromatic nitrogens is 3. The van der Waals surface area contributed by atoms with Gasteiger partial charge in [-0.3, -0.25) is 5.41 Å². The number of aryl methyl sites for hydroxylation is 1. The Hall–Kier alpha value is -1.59. The average molecular weight is 270 g/mol. The summed E-state index contributed by atoms with van der Waals surface area (Å²) in [6.45, 7) is 0. The lowest BCUT2D eigenvalue weighted by Gasteiger charge is -2.08. The summed E-state index contributed by atoms with van der Waals surface area (Å²) in [5, 5.41) is 12.4. The van der Waals surface area contributed by atoms with Gasteiger partial charge in [0.25, 0.3) is 0 Å². The lowest BCUT2D eigenvalue weighted by Crippen LogP contribution is -2.24. The fourth-order valence-electron chi connectivity index (χ4n) is 1.37. The van der Waals surface area contributed by atoms with Crippen LogP contribution in [-0.2, 0) is 7.05 Å². The van der Waals surface area contributed by atoms with Crippen molar-refractivity contribution in [1.29, 1.82) is 5.41 Å². The minimum atomic E-state index is -0.0237. The van der Waals surface area contributed by atoms with Gasteiger partial charge in [0.1, 0.15) is 5.69 Å². The molecule has 0 fully saturated rings. The number of halogens is 2. The lowest BCUT2D eigenvalue weighted by atomic mass is 10.1. The molecule has 1 aromatic carbocycles. The van der Waals surface area contributed by atoms with E-state index in [4.69, 9.17) is 34.3 Å². The predicted octanol–water partition coefficient (Wildman–Crippen LogP) is 1.85. The number of hydrogen-bond donors (Lipinski definition) is 2. The summed E-state index contributed by atoms with van der Waals surface area (Å²) in [5.41, 5.74) is 6.72. The van der Waals surface area contributed by atoms with Gasteiger partial charge in [-0.2, -0.15) is 10.1 Å². The first-order valence-electron chi connectivity index (χ1n) is 4.70. The molecular formula is C10H9Cl2N5. The second-order valence-corrected chi connectivity index (χ2v) is 4.18. The van der Waals surface area contributed by atoms with Crippen LogP contribution in [-0.4, -0.2) is 14.8 Å². The molecule has 0 amide bonds. The molecule has 0 spiro atoms. The van der Waals surface area contributed by atoms with E-state index in [-0.39, 0.29) is 11.4 Å². The van der Waals surface area contributed by atoms with Crippen LogP contribution in [0.3, 0.4) is 0 Å². The molecule has 2 aromatic rings. The van der Waals surface area contributed by atoms with Crippen molar-refractivity contribution < 1.29 is 0 Å². The molecule has 17 heavy (non-hydrogen) atoms. The summed E-state index contributed by atoms with van der Waals surface area (Å²) in [7, 11) is 1.61. The molecule has 0 atom stereocenters. The van der Waals surface area contributed by atoms with Crippen molar-refractivity contribution in [3.63, 3.8) is 0 Å². The van der Waals surface area contributed by atoms with Crippen molar-refractivity contribution in [2.45, 2.75) is 0 Å². The summed E-state index contributed by atoms with van der Waals surface area (Å²) >= 11 is 12.0. The van der Waals surface area contributed by atoms with E-state index in [2.05, 4.69) is 10.1 Å². The van der Waals surface area contributed by atoms with Gasteiger partial charge in [0.15, 0.2) is 5.82 Å². The van der Waals surface area contributed by atoms with Gasteiger partial charge >= 0.3 is 0 Å². The average Bonchev–Trinajstić information content (AvgIpc) is 2.28. The van der Waals surface area contributed by atoms with Gasteiger partial charge in [-0.25, -0.2) is 4.68 Å². The summed E-state index contributed by atoms with van der Waals surface area (Å²) < 4.78 is 1.31. The molecular weight excluding hydrogens is 261 g/mol. The monoisotopic (exact) mass is 269 g/mol. The highest BCUT2D eigenvalue weighted by Crippen LogP contribution is 2.33. The summed E-state index contributed by atoms with van der Waals surface area (Å²) in [4.78, 5) is 3.86. The van der Waals surface area contributed by atoms with Crippen molar-refractivity contribution in [2.24, 2.45) is 7.05 Å². The molecule has 3 N–H and O–H groups in total. The Bertz CT molecular complexity index is 635. The van der Waals surface area contributed by atoms with Crippen molar-refractivity contribution in [2.75, 3.05) is 5.73 Å². The van der Waals surface area contributed by atoms with E-state index in [1.807, 2.05) is 0 Å². The highest BCUT2D eigenvalue weighted by molar-refractivity contribution is 6.43. The summed E-state index contributed by atoms with van der Waals surface area (Å²) in [5.74, 6) is 0.150. The zero-order valence-electron chi connectivity index (χ0n) is 8.91. The molecule has 1 aromatic heterocycles. The van der Waals surface area contributed by atoms with Crippen LogP contribution in [0.2, 0.25) is 10.0 Å². The Morgan fingerprint density at radius 2 is 2.06 bits per heavy atom. The Balaban J connectivity index is 2.73. The zero-order valence-corrected chi connectivity index (χ0v) is 10.4. The fourth-order valence-corrected chi connectivity index (χ4v) is 1.76. The smallest absolute Gasteiger partial charge is 0.240 e. The Morgan fingerprint density at radius 1 is 1.35 bits per heavy atom. The maximum atomic E-state index is 7.47. The number of benzene rings is 1. The number of nitrogens with zero attached hydrogens (tertiary/aromatic N) is 3. The standard InChI is InChI=1S/C10H9Cl2N5/c1-17-10(14)15-9(13)8(16-17)5-3-2-4-6(11)7(5)12/h2-4H,1H3,(H3,13,14,15). The maximum absolute atomic E-state index is 7.47. The van der Waals surface area contributed by atoms with Crippen LogP contribution in [0.1, 0.15) is 0 Å². The maximum Gasteiger partial charge on any atom is 0.240 e. The first-order chi connectivity index (χ1) is 8.00. The summed E-state index contributed by atoms with van der Waals surface area (Å²) in [6, 6.07) is 5.17. The second kappa shape index (κ2) is 4.35. The van der Waals surface area contributed by atoms with E-state index in [1.165, 1.54) is 4.68 Å². The number of nitrogens with two attached hydrogens (primary N) is 1. The number of rotatable bonds is 1. The first-order valence-corrected chi connectivity index (χ1v) is 5.46. The largest absolute Gasteiger partial charge is 0.382 e. The van der Waals surface area contributed by atoms with Crippen molar-refractivity contribution in [3.05, 3.63) is 33.9 Å². The molecule has 5 nitrogen and oxygen atoms in total. The third kappa shape index (κ3) is 2.11. The van der Waals surface area contributed by atoms with Crippen LogP contribution in [0.15, 0.2) is 18.2 Å². The van der Waals surface area contributed by atoms with E-state index in [0.29, 0.717) is 21.3 Å². The van der Waals surface area contributed by atoms with E-state index in [9.17, 15) is 0 Å². The molecule has 88 valence electrons. The van der Waals surface area contributed by atoms with Gasteiger partial charge in [-0.05, 0) is 6.07 Å². The third-order valence-corrected chi connectivity index (χ3v) is 3.05. The number of nitrogen functional groups attached to an aromatic ring is 1. The molecule has 1 heterocycles. The normalized spacial score (nSPS) is 10.5. The topological polar surface area (TPSA) is 80.6 Å². The van der Waals surface area contributed by atoms with Crippen molar-refractivity contribution >= 4 is 29.0 Å². The third-order valence-electron chi connectivity index (χ3n) is 2.23. The predicted molar refractivity (Wildman–Crippen MR) is 66.7 cm³/mol. The van der Waals surface area contributed by atoms with Gasteiger partial charge in [0, 0.05) is 12.6 Å². The number of anilines is 1. The van der Waals surface area contributed by atoms with Gasteiger partial charge < -0.3 is 5.73 Å². The molecule has 0 radical (unpaired) electrons. The first kappa shape index (κ1) is 11.9. The molecule has 0 aliphatic rings. The highest BCUT2D eigenvalue weighted by atomic mass is 35.5. The Labute approximate surface area is 107 Å².